The van der Waals surface area contributed by atoms with Gasteiger partial charge in [-0.1, -0.05) is 12.1 Å². The first kappa shape index (κ1) is 24.3. The molecule has 0 radical (unpaired) electrons. The number of benzene rings is 1. The Labute approximate surface area is 170 Å². The van der Waals surface area contributed by atoms with Gasteiger partial charge in [0.2, 0.25) is 5.91 Å². The van der Waals surface area contributed by atoms with Crippen molar-refractivity contribution in [1.82, 2.24) is 5.32 Å². The van der Waals surface area contributed by atoms with Gasteiger partial charge in [0.15, 0.2) is 0 Å². The normalized spacial score (nSPS) is 19.2. The average Bonchev–Trinajstić information content (AvgIpc) is 2.77. The second-order valence-electron chi connectivity index (χ2n) is 7.98. The van der Waals surface area contributed by atoms with Gasteiger partial charge in [-0.3, -0.25) is 4.79 Å². The molecule has 166 valence electrons. The number of carbonyl (C=O) groups is 1. The molecule has 1 saturated heterocycles. The van der Waals surface area contributed by atoms with Crippen LogP contribution in [-0.2, 0) is 26.5 Å². The predicted molar refractivity (Wildman–Crippen MR) is 99.2 cm³/mol. The number of hydrogen-bond donors (Lipinski definition) is 1. The summed E-state index contributed by atoms with van der Waals surface area (Å²) in [6.45, 7) is 7.58. The average molecular weight is 437 g/mol. The molecule has 30 heavy (non-hydrogen) atoms. The van der Waals surface area contributed by atoms with Crippen molar-refractivity contribution < 1.29 is 40.4 Å². The summed E-state index contributed by atoms with van der Waals surface area (Å²) in [6, 6.07) is 1.84. The SMILES string of the molecule is CC(=O)NCC(=Cc1c(C(F)(F)F)cccc1C(F)(F)F)B1OC(C)(C)C(C)(C)O1. The van der Waals surface area contributed by atoms with E-state index in [4.69, 9.17) is 9.31 Å². The summed E-state index contributed by atoms with van der Waals surface area (Å²) in [6.07, 6.45) is -9.31. The highest BCUT2D eigenvalue weighted by molar-refractivity contribution is 6.56. The van der Waals surface area contributed by atoms with Crippen molar-refractivity contribution in [2.75, 3.05) is 6.54 Å². The number of carbonyl (C=O) groups excluding carboxylic acids is 1. The maximum Gasteiger partial charge on any atom is 0.492 e. The topological polar surface area (TPSA) is 47.6 Å². The first-order chi connectivity index (χ1) is 13.5. The summed E-state index contributed by atoms with van der Waals surface area (Å²) < 4.78 is 92.4. The lowest BCUT2D eigenvalue weighted by Crippen LogP contribution is -2.41. The van der Waals surface area contributed by atoms with Gasteiger partial charge in [-0.2, -0.15) is 26.3 Å². The van der Waals surface area contributed by atoms with Crippen LogP contribution in [0.1, 0.15) is 51.3 Å². The van der Waals surface area contributed by atoms with Crippen LogP contribution >= 0.6 is 0 Å². The molecule has 1 aromatic rings. The van der Waals surface area contributed by atoms with Crippen LogP contribution in [0.4, 0.5) is 26.3 Å². The second-order valence-corrected chi connectivity index (χ2v) is 7.98. The summed E-state index contributed by atoms with van der Waals surface area (Å²) in [5.74, 6) is -0.516. The van der Waals surface area contributed by atoms with Crippen LogP contribution < -0.4 is 5.32 Å². The second kappa shape index (κ2) is 7.92. The van der Waals surface area contributed by atoms with Crippen LogP contribution in [0.5, 0.6) is 0 Å². The van der Waals surface area contributed by atoms with Gasteiger partial charge in [0.05, 0.1) is 22.3 Å². The molecule has 1 aliphatic rings. The van der Waals surface area contributed by atoms with Crippen molar-refractivity contribution >= 4 is 19.1 Å². The van der Waals surface area contributed by atoms with Crippen LogP contribution in [0.3, 0.4) is 0 Å². The van der Waals surface area contributed by atoms with Crippen molar-refractivity contribution in [3.05, 3.63) is 40.4 Å². The van der Waals surface area contributed by atoms with Crippen molar-refractivity contribution in [1.29, 1.82) is 0 Å². The first-order valence-electron chi connectivity index (χ1n) is 9.03. The highest BCUT2D eigenvalue weighted by Gasteiger charge is 2.52. The zero-order valence-corrected chi connectivity index (χ0v) is 17.1. The van der Waals surface area contributed by atoms with Gasteiger partial charge in [0.25, 0.3) is 0 Å². The number of hydrogen-bond acceptors (Lipinski definition) is 3. The Morgan fingerprint density at radius 3 is 1.80 bits per heavy atom. The van der Waals surface area contributed by atoms with E-state index in [1.807, 2.05) is 0 Å². The lowest BCUT2D eigenvalue weighted by atomic mass is 9.76. The third-order valence-corrected chi connectivity index (χ3v) is 5.14. The minimum atomic E-state index is -5.03. The molecule has 1 aromatic carbocycles. The first-order valence-corrected chi connectivity index (χ1v) is 9.03. The summed E-state index contributed by atoms with van der Waals surface area (Å²) >= 11 is 0. The van der Waals surface area contributed by atoms with Gasteiger partial charge in [0, 0.05) is 13.5 Å². The third-order valence-electron chi connectivity index (χ3n) is 5.14. The number of alkyl halides is 6. The Morgan fingerprint density at radius 1 is 1.00 bits per heavy atom. The quantitative estimate of drug-likeness (QED) is 0.540. The molecule has 1 amide bonds. The molecule has 0 unspecified atom stereocenters. The smallest absolute Gasteiger partial charge is 0.400 e. The molecular weight excluding hydrogens is 415 g/mol. The summed E-state index contributed by atoms with van der Waals surface area (Å²) in [7, 11) is -1.25. The van der Waals surface area contributed by atoms with E-state index in [-0.39, 0.29) is 12.0 Å². The molecule has 0 spiro atoms. The number of nitrogens with one attached hydrogen (secondary N) is 1. The molecule has 4 nitrogen and oxygen atoms in total. The van der Waals surface area contributed by atoms with Gasteiger partial charge in [-0.25, -0.2) is 0 Å². The van der Waals surface area contributed by atoms with E-state index in [1.165, 1.54) is 6.92 Å². The lowest BCUT2D eigenvalue weighted by Gasteiger charge is -2.32. The Hall–Kier alpha value is -2.01. The Morgan fingerprint density at radius 2 is 1.43 bits per heavy atom. The molecule has 0 bridgehead atoms. The van der Waals surface area contributed by atoms with Gasteiger partial charge in [0.1, 0.15) is 0 Å². The predicted octanol–water partition coefficient (Wildman–Crippen LogP) is 4.88. The molecule has 0 saturated carbocycles. The fourth-order valence-corrected chi connectivity index (χ4v) is 2.82. The van der Waals surface area contributed by atoms with E-state index in [0.29, 0.717) is 18.2 Å². The van der Waals surface area contributed by atoms with Gasteiger partial charge in [-0.05, 0) is 50.9 Å². The maximum atomic E-state index is 13.5. The van der Waals surface area contributed by atoms with Crippen molar-refractivity contribution in [3.8, 4) is 0 Å². The molecule has 0 aliphatic carbocycles. The van der Waals surface area contributed by atoms with E-state index in [9.17, 15) is 31.1 Å². The monoisotopic (exact) mass is 437 g/mol. The number of rotatable bonds is 4. The van der Waals surface area contributed by atoms with E-state index in [0.717, 1.165) is 6.08 Å². The molecule has 2 rings (SSSR count). The van der Waals surface area contributed by atoms with Crippen LogP contribution in [-0.4, -0.2) is 30.8 Å². The molecule has 0 atom stereocenters. The van der Waals surface area contributed by atoms with E-state index in [1.54, 1.807) is 27.7 Å². The zero-order chi connectivity index (χ0) is 23.1. The fraction of sp³-hybridized carbons (Fsp3) is 0.526. The zero-order valence-electron chi connectivity index (χ0n) is 17.1. The van der Waals surface area contributed by atoms with E-state index >= 15 is 0 Å². The Bertz CT molecular complexity index is 797. The van der Waals surface area contributed by atoms with Crippen LogP contribution in [0.25, 0.3) is 6.08 Å². The van der Waals surface area contributed by atoms with Gasteiger partial charge >= 0.3 is 19.5 Å². The highest BCUT2D eigenvalue weighted by Crippen LogP contribution is 2.42. The minimum absolute atomic E-state index is 0.0777. The molecule has 1 fully saturated rings. The highest BCUT2D eigenvalue weighted by atomic mass is 19.4. The molecule has 0 aromatic heterocycles. The van der Waals surface area contributed by atoms with Crippen molar-refractivity contribution in [2.45, 2.75) is 58.2 Å². The van der Waals surface area contributed by atoms with Crippen molar-refractivity contribution in [2.24, 2.45) is 0 Å². The molecule has 11 heteroatoms. The van der Waals surface area contributed by atoms with Gasteiger partial charge < -0.3 is 14.6 Å². The largest absolute Gasteiger partial charge is 0.492 e. The summed E-state index contributed by atoms with van der Waals surface area (Å²) in [4.78, 5) is 11.3. The summed E-state index contributed by atoms with van der Waals surface area (Å²) in [5.41, 5.74) is -5.81. The maximum absolute atomic E-state index is 13.5. The molecular formula is C19H22BF6NO3. The molecule has 1 heterocycles. The van der Waals surface area contributed by atoms with E-state index < -0.39 is 53.3 Å². The van der Waals surface area contributed by atoms with Gasteiger partial charge in [-0.15, -0.1) is 0 Å². The third kappa shape index (κ3) is 5.18. The standard InChI is InChI=1S/C19H22BF6NO3/c1-11(28)27-10-12(20-29-16(2,3)17(4,5)30-20)9-13-14(18(21,22)23)7-6-8-15(13)19(24,25)26/h6-9H,10H2,1-5H3,(H,27,28). The number of halogens is 6. The van der Waals surface area contributed by atoms with Crippen LogP contribution in [0.2, 0.25) is 0 Å². The van der Waals surface area contributed by atoms with Crippen LogP contribution in [0.15, 0.2) is 23.7 Å². The Kier molecular flexibility index (Phi) is 6.41. The number of amides is 1. The fourth-order valence-electron chi connectivity index (χ4n) is 2.82. The van der Waals surface area contributed by atoms with Crippen LogP contribution in [0, 0.1) is 0 Å². The van der Waals surface area contributed by atoms with E-state index in [2.05, 4.69) is 5.32 Å². The molecule has 1 N–H and O–H groups in total. The summed E-state index contributed by atoms with van der Waals surface area (Å²) in [5, 5.41) is 2.38. The van der Waals surface area contributed by atoms with Crippen molar-refractivity contribution in [3.63, 3.8) is 0 Å². The lowest BCUT2D eigenvalue weighted by molar-refractivity contribution is -0.143. The molecule has 1 aliphatic heterocycles. The Balaban J connectivity index is 2.68. The minimum Gasteiger partial charge on any atom is -0.400 e.